The van der Waals surface area contributed by atoms with Crippen molar-refractivity contribution in [2.75, 3.05) is 6.61 Å². The summed E-state index contributed by atoms with van der Waals surface area (Å²) in [5.74, 6) is 0.206. The molecule has 3 rings (SSSR count). The molecule has 0 spiro atoms. The van der Waals surface area contributed by atoms with E-state index >= 15 is 0 Å². The number of phenols is 1. The van der Waals surface area contributed by atoms with Crippen LogP contribution in [0.4, 0.5) is 0 Å². The zero-order chi connectivity index (χ0) is 18.7. The van der Waals surface area contributed by atoms with E-state index in [1.54, 1.807) is 23.1 Å². The van der Waals surface area contributed by atoms with Gasteiger partial charge < -0.3 is 9.84 Å². The van der Waals surface area contributed by atoms with Crippen LogP contribution < -0.4 is 4.74 Å². The number of ether oxygens (including phenoxy) is 1. The molecule has 0 aliphatic carbocycles. The molecule has 1 amide bonds. The highest BCUT2D eigenvalue weighted by Crippen LogP contribution is 2.39. The fourth-order valence-corrected chi connectivity index (χ4v) is 4.21. The normalized spacial score (nSPS) is 15.8. The van der Waals surface area contributed by atoms with Crippen LogP contribution in [0.3, 0.4) is 0 Å². The number of halogens is 1. The van der Waals surface area contributed by atoms with E-state index in [1.807, 2.05) is 37.3 Å². The molecule has 2 aromatic rings. The van der Waals surface area contributed by atoms with Gasteiger partial charge in [-0.2, -0.15) is 0 Å². The number of hydrogen-bond donors (Lipinski definition) is 1. The third-order valence-electron chi connectivity index (χ3n) is 3.71. The van der Waals surface area contributed by atoms with Gasteiger partial charge in [0.15, 0.2) is 11.5 Å². The van der Waals surface area contributed by atoms with Crippen LogP contribution >= 0.6 is 39.9 Å². The number of thiocarbonyl (C=S) groups is 1. The van der Waals surface area contributed by atoms with Gasteiger partial charge >= 0.3 is 0 Å². The first-order valence-corrected chi connectivity index (χ1v) is 9.96. The first-order chi connectivity index (χ1) is 12.5. The van der Waals surface area contributed by atoms with E-state index in [2.05, 4.69) is 15.9 Å². The second kappa shape index (κ2) is 8.24. The molecule has 1 aliphatic heterocycles. The Morgan fingerprint density at radius 2 is 2.04 bits per heavy atom. The molecule has 1 aliphatic rings. The van der Waals surface area contributed by atoms with Crippen LogP contribution in [0.5, 0.6) is 11.5 Å². The van der Waals surface area contributed by atoms with Gasteiger partial charge in [0.1, 0.15) is 4.32 Å². The largest absolute Gasteiger partial charge is 0.504 e. The molecule has 1 saturated heterocycles. The number of rotatable bonds is 5. The quantitative estimate of drug-likeness (QED) is 0.516. The number of thioether (sulfide) groups is 1. The van der Waals surface area contributed by atoms with Gasteiger partial charge in [0.25, 0.3) is 5.91 Å². The molecular weight excluding hydrogens is 434 g/mol. The second-order valence-corrected chi connectivity index (χ2v) is 8.12. The maximum absolute atomic E-state index is 12.8. The summed E-state index contributed by atoms with van der Waals surface area (Å²) in [6.45, 7) is 2.70. The van der Waals surface area contributed by atoms with Crippen molar-refractivity contribution in [2.45, 2.75) is 13.5 Å². The Bertz CT molecular complexity index is 884. The van der Waals surface area contributed by atoms with E-state index in [0.29, 0.717) is 33.7 Å². The van der Waals surface area contributed by atoms with Gasteiger partial charge in [-0.3, -0.25) is 9.69 Å². The molecule has 0 saturated carbocycles. The van der Waals surface area contributed by atoms with E-state index in [4.69, 9.17) is 17.0 Å². The summed E-state index contributed by atoms with van der Waals surface area (Å²) in [5.41, 5.74) is 1.51. The number of amides is 1. The Balaban J connectivity index is 1.88. The minimum atomic E-state index is -0.166. The number of hydrogen-bond acceptors (Lipinski definition) is 5. The molecule has 0 radical (unpaired) electrons. The summed E-state index contributed by atoms with van der Waals surface area (Å²) in [6.07, 6.45) is 1.65. The van der Waals surface area contributed by atoms with Crippen molar-refractivity contribution < 1.29 is 14.6 Å². The van der Waals surface area contributed by atoms with Crippen molar-refractivity contribution in [3.63, 3.8) is 0 Å². The molecule has 0 atom stereocenters. The van der Waals surface area contributed by atoms with Gasteiger partial charge in [0.2, 0.25) is 0 Å². The van der Waals surface area contributed by atoms with Crippen LogP contribution in [-0.2, 0) is 11.3 Å². The number of benzene rings is 2. The molecule has 0 unspecified atom stereocenters. The summed E-state index contributed by atoms with van der Waals surface area (Å²) in [6, 6.07) is 13.1. The zero-order valence-electron chi connectivity index (χ0n) is 13.9. The van der Waals surface area contributed by atoms with E-state index in [9.17, 15) is 9.90 Å². The molecule has 1 fully saturated rings. The minimum Gasteiger partial charge on any atom is -0.504 e. The average Bonchev–Trinajstić information content (AvgIpc) is 2.87. The van der Waals surface area contributed by atoms with E-state index in [0.717, 1.165) is 10.0 Å². The average molecular weight is 450 g/mol. The molecule has 2 aromatic carbocycles. The summed E-state index contributed by atoms with van der Waals surface area (Å²) in [4.78, 5) is 14.8. The molecule has 7 heteroatoms. The molecule has 0 bridgehead atoms. The highest BCUT2D eigenvalue weighted by Gasteiger charge is 2.32. The topological polar surface area (TPSA) is 49.8 Å². The first kappa shape index (κ1) is 18.9. The Hall–Kier alpha value is -1.83. The molecule has 4 nitrogen and oxygen atoms in total. The highest BCUT2D eigenvalue weighted by molar-refractivity contribution is 9.10. The van der Waals surface area contributed by atoms with Crippen LogP contribution in [0, 0.1) is 0 Å². The van der Waals surface area contributed by atoms with Gasteiger partial charge in [0, 0.05) is 10.0 Å². The lowest BCUT2D eigenvalue weighted by molar-refractivity contribution is -0.122. The maximum Gasteiger partial charge on any atom is 0.266 e. The Morgan fingerprint density at radius 3 is 2.73 bits per heavy atom. The zero-order valence-corrected chi connectivity index (χ0v) is 17.2. The lowest BCUT2D eigenvalue weighted by Gasteiger charge is -2.14. The summed E-state index contributed by atoms with van der Waals surface area (Å²) in [7, 11) is 0. The summed E-state index contributed by atoms with van der Waals surface area (Å²) < 4.78 is 6.69. The van der Waals surface area contributed by atoms with Crippen molar-refractivity contribution in [3.05, 3.63) is 63.0 Å². The number of carbonyl (C=O) groups is 1. The smallest absolute Gasteiger partial charge is 0.266 e. The van der Waals surface area contributed by atoms with Crippen LogP contribution in [-0.4, -0.2) is 26.8 Å². The fraction of sp³-hybridized carbons (Fsp3) is 0.158. The molecule has 0 aromatic heterocycles. The van der Waals surface area contributed by atoms with Crippen molar-refractivity contribution in [3.8, 4) is 11.5 Å². The van der Waals surface area contributed by atoms with Gasteiger partial charge in [-0.05, 0) is 30.7 Å². The van der Waals surface area contributed by atoms with Crippen LogP contribution in [0.15, 0.2) is 51.8 Å². The van der Waals surface area contributed by atoms with Crippen LogP contribution in [0.25, 0.3) is 6.08 Å². The van der Waals surface area contributed by atoms with Crippen molar-refractivity contribution in [1.82, 2.24) is 4.90 Å². The van der Waals surface area contributed by atoms with E-state index in [1.165, 1.54) is 11.8 Å². The molecule has 1 N–H and O–H groups in total. The van der Waals surface area contributed by atoms with E-state index in [-0.39, 0.29) is 11.7 Å². The third-order valence-corrected chi connectivity index (χ3v) is 5.55. The van der Waals surface area contributed by atoms with Gasteiger partial charge in [0.05, 0.1) is 18.1 Å². The summed E-state index contributed by atoms with van der Waals surface area (Å²) in [5, 5.41) is 10.4. The molecule has 1 heterocycles. The first-order valence-electron chi connectivity index (χ1n) is 7.94. The maximum atomic E-state index is 12.8. The number of aromatic hydroxyl groups is 1. The fourth-order valence-electron chi connectivity index (χ4n) is 2.51. The van der Waals surface area contributed by atoms with E-state index < -0.39 is 0 Å². The number of phenolic OH excluding ortho intramolecular Hbond substituents is 1. The van der Waals surface area contributed by atoms with Gasteiger partial charge in [-0.25, -0.2) is 0 Å². The summed E-state index contributed by atoms with van der Waals surface area (Å²) >= 11 is 10.00. The standard InChI is InChI=1S/C19H16BrNO3S2/c1-2-24-15-10-14(20)8-13(17(15)22)9-16-18(23)21(19(25)26-16)11-12-6-4-3-5-7-12/h3-10,22H,2,11H2,1H3. The van der Waals surface area contributed by atoms with Crippen LogP contribution in [0.2, 0.25) is 0 Å². The SMILES string of the molecule is CCOc1cc(Br)cc(C=C2SC(=S)N(Cc3ccccc3)C2=O)c1O. The Labute approximate surface area is 170 Å². The predicted octanol–water partition coefficient (Wildman–Crippen LogP) is 4.95. The minimum absolute atomic E-state index is 0.00313. The lowest BCUT2D eigenvalue weighted by Crippen LogP contribution is -2.27. The highest BCUT2D eigenvalue weighted by atomic mass is 79.9. The van der Waals surface area contributed by atoms with Crippen molar-refractivity contribution in [1.29, 1.82) is 0 Å². The number of carbonyl (C=O) groups excluding carboxylic acids is 1. The second-order valence-electron chi connectivity index (χ2n) is 5.53. The van der Waals surface area contributed by atoms with Gasteiger partial charge in [-0.1, -0.05) is 70.2 Å². The lowest BCUT2D eigenvalue weighted by atomic mass is 10.1. The Kier molecular flexibility index (Phi) is 6.01. The number of nitrogens with zero attached hydrogens (tertiary/aromatic N) is 1. The molecular formula is C19H16BrNO3S2. The van der Waals surface area contributed by atoms with Gasteiger partial charge in [-0.15, -0.1) is 0 Å². The molecule has 26 heavy (non-hydrogen) atoms. The predicted molar refractivity (Wildman–Crippen MR) is 112 cm³/mol. The monoisotopic (exact) mass is 449 g/mol. The Morgan fingerprint density at radius 1 is 1.31 bits per heavy atom. The van der Waals surface area contributed by atoms with Crippen molar-refractivity contribution in [2.24, 2.45) is 0 Å². The molecule has 134 valence electrons. The van der Waals surface area contributed by atoms with Crippen LogP contribution in [0.1, 0.15) is 18.1 Å². The van der Waals surface area contributed by atoms with Crippen molar-refractivity contribution >= 4 is 56.2 Å². The third kappa shape index (κ3) is 4.11.